The van der Waals surface area contributed by atoms with Crippen molar-refractivity contribution >= 4 is 11.6 Å². The van der Waals surface area contributed by atoms with E-state index in [0.29, 0.717) is 0 Å². The molecule has 1 atom stereocenters. The second-order valence-electron chi connectivity index (χ2n) is 4.30. The lowest BCUT2D eigenvalue weighted by Crippen LogP contribution is -2.26. The number of hydrogen-bond donors (Lipinski definition) is 1. The summed E-state index contributed by atoms with van der Waals surface area (Å²) in [6.45, 7) is 2.61. The van der Waals surface area contributed by atoms with Gasteiger partial charge in [-0.1, -0.05) is 12.1 Å². The number of nitrogens with zero attached hydrogens (tertiary/aromatic N) is 1. The maximum absolute atomic E-state index is 11.6. The molecule has 1 aromatic carbocycles. The standard InChI is InChI=1S/C13H20N2O2/c1-10(17-4)13(16)14-12-7-5-11(6-8-12)9-15(2)3/h5-8,10H,9H2,1-4H3,(H,14,16). The lowest BCUT2D eigenvalue weighted by molar-refractivity contribution is -0.124. The summed E-state index contributed by atoms with van der Waals surface area (Å²) in [7, 11) is 5.57. The Kier molecular flexibility index (Phi) is 5.12. The van der Waals surface area contributed by atoms with Crippen LogP contribution in [0.3, 0.4) is 0 Å². The van der Waals surface area contributed by atoms with Gasteiger partial charge in [-0.2, -0.15) is 0 Å². The number of ether oxygens (including phenoxy) is 1. The van der Waals surface area contributed by atoms with Crippen LogP contribution in [-0.2, 0) is 16.1 Å². The molecule has 0 aliphatic rings. The predicted molar refractivity (Wildman–Crippen MR) is 68.9 cm³/mol. The van der Waals surface area contributed by atoms with Crippen molar-refractivity contribution in [3.63, 3.8) is 0 Å². The van der Waals surface area contributed by atoms with Crippen molar-refractivity contribution in [1.29, 1.82) is 0 Å². The summed E-state index contributed by atoms with van der Waals surface area (Å²) < 4.78 is 4.94. The molecule has 0 aliphatic heterocycles. The Morgan fingerprint density at radius 2 is 1.94 bits per heavy atom. The minimum atomic E-state index is -0.434. The van der Waals surface area contributed by atoms with E-state index in [2.05, 4.69) is 10.2 Å². The first-order valence-electron chi connectivity index (χ1n) is 5.60. The molecule has 1 unspecified atom stereocenters. The van der Waals surface area contributed by atoms with E-state index < -0.39 is 6.10 Å². The minimum absolute atomic E-state index is 0.132. The van der Waals surface area contributed by atoms with Crippen LogP contribution >= 0.6 is 0 Å². The van der Waals surface area contributed by atoms with Gasteiger partial charge in [0.1, 0.15) is 6.10 Å². The second kappa shape index (κ2) is 6.37. The number of amides is 1. The van der Waals surface area contributed by atoms with Gasteiger partial charge in [-0.25, -0.2) is 0 Å². The van der Waals surface area contributed by atoms with Gasteiger partial charge in [-0.15, -0.1) is 0 Å². The molecule has 0 spiro atoms. The Labute approximate surface area is 103 Å². The normalized spacial score (nSPS) is 12.5. The average molecular weight is 236 g/mol. The number of rotatable bonds is 5. The first kappa shape index (κ1) is 13.7. The van der Waals surface area contributed by atoms with Gasteiger partial charge >= 0.3 is 0 Å². The largest absolute Gasteiger partial charge is 0.372 e. The highest BCUT2D eigenvalue weighted by Gasteiger charge is 2.11. The number of carbonyl (C=O) groups excluding carboxylic acids is 1. The highest BCUT2D eigenvalue weighted by Crippen LogP contribution is 2.11. The molecule has 0 aromatic heterocycles. The van der Waals surface area contributed by atoms with E-state index in [0.717, 1.165) is 12.2 Å². The zero-order valence-corrected chi connectivity index (χ0v) is 10.9. The van der Waals surface area contributed by atoms with E-state index in [1.165, 1.54) is 12.7 Å². The van der Waals surface area contributed by atoms with Crippen molar-refractivity contribution in [1.82, 2.24) is 4.90 Å². The smallest absolute Gasteiger partial charge is 0.253 e. The Hall–Kier alpha value is -1.39. The van der Waals surface area contributed by atoms with Crippen LogP contribution in [0.5, 0.6) is 0 Å². The highest BCUT2D eigenvalue weighted by molar-refractivity contribution is 5.93. The van der Waals surface area contributed by atoms with Crippen molar-refractivity contribution in [2.45, 2.75) is 19.6 Å². The SMILES string of the molecule is COC(C)C(=O)Nc1ccc(CN(C)C)cc1. The van der Waals surface area contributed by atoms with Crippen molar-refractivity contribution in [3.8, 4) is 0 Å². The number of methoxy groups -OCH3 is 1. The van der Waals surface area contributed by atoms with Gasteiger partial charge < -0.3 is 15.0 Å². The maximum atomic E-state index is 11.6. The zero-order chi connectivity index (χ0) is 12.8. The molecule has 4 nitrogen and oxygen atoms in total. The van der Waals surface area contributed by atoms with Crippen LogP contribution in [0, 0.1) is 0 Å². The molecule has 1 amide bonds. The number of carbonyl (C=O) groups is 1. The third-order valence-corrected chi connectivity index (χ3v) is 2.44. The average Bonchev–Trinajstić information content (AvgIpc) is 2.30. The summed E-state index contributed by atoms with van der Waals surface area (Å²) in [5.41, 5.74) is 2.01. The van der Waals surface area contributed by atoms with Crippen molar-refractivity contribution in [2.24, 2.45) is 0 Å². The van der Waals surface area contributed by atoms with Crippen LogP contribution < -0.4 is 5.32 Å². The molecule has 4 heteroatoms. The number of benzene rings is 1. The monoisotopic (exact) mass is 236 g/mol. The molecule has 1 rings (SSSR count). The number of nitrogens with one attached hydrogen (secondary N) is 1. The first-order chi connectivity index (χ1) is 8.02. The van der Waals surface area contributed by atoms with Crippen LogP contribution in [0.4, 0.5) is 5.69 Å². The third-order valence-electron chi connectivity index (χ3n) is 2.44. The van der Waals surface area contributed by atoms with Crippen LogP contribution in [0.1, 0.15) is 12.5 Å². The fraction of sp³-hybridized carbons (Fsp3) is 0.462. The van der Waals surface area contributed by atoms with Crippen molar-refractivity contribution in [3.05, 3.63) is 29.8 Å². The van der Waals surface area contributed by atoms with Crippen LogP contribution in [-0.4, -0.2) is 38.1 Å². The molecule has 0 bridgehead atoms. The molecular weight excluding hydrogens is 216 g/mol. The molecule has 0 radical (unpaired) electrons. The second-order valence-corrected chi connectivity index (χ2v) is 4.30. The lowest BCUT2D eigenvalue weighted by atomic mass is 10.2. The summed E-state index contributed by atoms with van der Waals surface area (Å²) in [6, 6.07) is 7.82. The van der Waals surface area contributed by atoms with Gasteiger partial charge in [0.25, 0.3) is 5.91 Å². The summed E-state index contributed by atoms with van der Waals surface area (Å²) >= 11 is 0. The van der Waals surface area contributed by atoms with Crippen LogP contribution in [0.2, 0.25) is 0 Å². The molecule has 0 saturated heterocycles. The van der Waals surface area contributed by atoms with Gasteiger partial charge in [0.05, 0.1) is 0 Å². The van der Waals surface area contributed by atoms with Gasteiger partial charge in [-0.3, -0.25) is 4.79 Å². The van der Waals surface area contributed by atoms with Crippen molar-refractivity contribution in [2.75, 3.05) is 26.5 Å². The lowest BCUT2D eigenvalue weighted by Gasteiger charge is -2.12. The summed E-state index contributed by atoms with van der Waals surface area (Å²) in [5, 5.41) is 2.80. The van der Waals surface area contributed by atoms with E-state index in [9.17, 15) is 4.79 Å². The molecule has 0 fully saturated rings. The van der Waals surface area contributed by atoms with E-state index in [1.807, 2.05) is 38.4 Å². The topological polar surface area (TPSA) is 41.6 Å². The molecule has 17 heavy (non-hydrogen) atoms. The summed E-state index contributed by atoms with van der Waals surface area (Å²) in [5.74, 6) is -0.132. The minimum Gasteiger partial charge on any atom is -0.372 e. The van der Waals surface area contributed by atoms with E-state index in [-0.39, 0.29) is 5.91 Å². The molecule has 1 N–H and O–H groups in total. The molecule has 0 heterocycles. The Bertz CT molecular complexity index is 360. The zero-order valence-electron chi connectivity index (χ0n) is 10.9. The molecule has 0 aliphatic carbocycles. The fourth-order valence-corrected chi connectivity index (χ4v) is 1.41. The Morgan fingerprint density at radius 3 is 2.41 bits per heavy atom. The van der Waals surface area contributed by atoms with E-state index >= 15 is 0 Å². The van der Waals surface area contributed by atoms with Crippen LogP contribution in [0.15, 0.2) is 24.3 Å². The molecule has 0 saturated carbocycles. The van der Waals surface area contributed by atoms with Gasteiger partial charge in [0, 0.05) is 19.3 Å². The van der Waals surface area contributed by atoms with Crippen molar-refractivity contribution < 1.29 is 9.53 Å². The Morgan fingerprint density at radius 1 is 1.35 bits per heavy atom. The predicted octanol–water partition coefficient (Wildman–Crippen LogP) is 1.72. The maximum Gasteiger partial charge on any atom is 0.253 e. The van der Waals surface area contributed by atoms with E-state index in [1.54, 1.807) is 6.92 Å². The molecule has 94 valence electrons. The summed E-state index contributed by atoms with van der Waals surface area (Å²) in [6.07, 6.45) is -0.434. The quantitative estimate of drug-likeness (QED) is 0.846. The fourth-order valence-electron chi connectivity index (χ4n) is 1.41. The number of hydrogen-bond acceptors (Lipinski definition) is 3. The van der Waals surface area contributed by atoms with Gasteiger partial charge in [-0.05, 0) is 38.7 Å². The van der Waals surface area contributed by atoms with Gasteiger partial charge in [0.15, 0.2) is 0 Å². The van der Waals surface area contributed by atoms with Crippen LogP contribution in [0.25, 0.3) is 0 Å². The first-order valence-corrected chi connectivity index (χ1v) is 5.60. The number of anilines is 1. The highest BCUT2D eigenvalue weighted by atomic mass is 16.5. The third kappa shape index (κ3) is 4.54. The summed E-state index contributed by atoms with van der Waals surface area (Å²) in [4.78, 5) is 13.7. The van der Waals surface area contributed by atoms with E-state index in [4.69, 9.17) is 4.74 Å². The Balaban J connectivity index is 2.59. The molecular formula is C13H20N2O2. The van der Waals surface area contributed by atoms with Gasteiger partial charge in [0.2, 0.25) is 0 Å². The molecule has 1 aromatic rings.